The highest BCUT2D eigenvalue weighted by atomic mass is 16.6. The Morgan fingerprint density at radius 1 is 0.660 bits per heavy atom. The van der Waals surface area contributed by atoms with E-state index in [4.69, 9.17) is 24.1 Å². The van der Waals surface area contributed by atoms with E-state index in [1.807, 2.05) is 11.9 Å². The van der Waals surface area contributed by atoms with E-state index >= 15 is 0 Å². The molecule has 0 amide bonds. The summed E-state index contributed by atoms with van der Waals surface area (Å²) < 4.78 is 20.6. The number of aliphatic hydroxyl groups is 3. The number of carbonyl (C=O) groups excluding carboxylic acids is 5. The zero-order chi connectivity index (χ0) is 39.9. The molecule has 0 atom stereocenters. The minimum absolute atomic E-state index is 0.125. The number of anilines is 1. The molecule has 2 aromatic rings. The minimum Gasteiger partial charge on any atom is -0.490 e. The van der Waals surface area contributed by atoms with Crippen molar-refractivity contribution >= 4 is 35.2 Å². The summed E-state index contributed by atoms with van der Waals surface area (Å²) in [6.07, 6.45) is 6.13. The van der Waals surface area contributed by atoms with E-state index < -0.39 is 17.2 Å². The van der Waals surface area contributed by atoms with Crippen LogP contribution in [0.4, 0.5) is 5.69 Å². The van der Waals surface area contributed by atoms with Crippen molar-refractivity contribution in [2.75, 3.05) is 51.5 Å². The first-order valence-electron chi connectivity index (χ1n) is 17.8. The maximum atomic E-state index is 12.0. The second-order valence-electron chi connectivity index (χ2n) is 13.3. The van der Waals surface area contributed by atoms with Crippen molar-refractivity contribution in [2.45, 2.75) is 90.3 Å². The molecule has 0 bridgehead atoms. The van der Waals surface area contributed by atoms with E-state index in [-0.39, 0.29) is 43.3 Å². The predicted molar refractivity (Wildman–Crippen MR) is 200 cm³/mol. The van der Waals surface area contributed by atoms with Crippen LogP contribution in [-0.2, 0) is 28.6 Å². The Balaban J connectivity index is 0.000000533. The van der Waals surface area contributed by atoms with Gasteiger partial charge < -0.3 is 39.2 Å². The van der Waals surface area contributed by atoms with Crippen molar-refractivity contribution in [3.8, 4) is 5.75 Å². The molecule has 0 unspecified atom stereocenters. The molecule has 2 rings (SSSR count). The first-order chi connectivity index (χ1) is 25.0. The molecule has 0 aliphatic heterocycles. The smallest absolute Gasteiger partial charge is 0.330 e. The second-order valence-corrected chi connectivity index (χ2v) is 13.3. The standard InChI is InChI=1S/C21H28O7.C19H29NO5/c1-4-18(22)27-13-7-5-6-8-19(23)28-15-14-26-17-11-9-16(10-12-17)20(24)21(2,3)25;1-19(2,24)18(23)15-8-10-16(11-9-15)20(3)12-14-25-17(22)7-5-4-6-13-21/h4,9-12,25H,1,5-8,13-15H2,2-3H3;8-11,21,24H,4-7,12-14H2,1-3H3. The number of hydrogen-bond acceptors (Lipinski definition) is 13. The highest BCUT2D eigenvalue weighted by Crippen LogP contribution is 2.19. The van der Waals surface area contributed by atoms with E-state index in [2.05, 4.69) is 6.58 Å². The number of ketones is 2. The van der Waals surface area contributed by atoms with Gasteiger partial charge in [-0.25, -0.2) is 4.79 Å². The van der Waals surface area contributed by atoms with Crippen LogP contribution in [0.15, 0.2) is 61.2 Å². The number of aliphatic hydroxyl groups excluding tert-OH is 1. The van der Waals surface area contributed by atoms with Gasteiger partial charge in [0.2, 0.25) is 0 Å². The molecule has 13 heteroatoms. The molecule has 0 aromatic heterocycles. The number of benzene rings is 2. The van der Waals surface area contributed by atoms with E-state index in [9.17, 15) is 34.2 Å². The lowest BCUT2D eigenvalue weighted by atomic mass is 9.97. The lowest BCUT2D eigenvalue weighted by molar-refractivity contribution is -0.145. The number of Topliss-reactive ketones (excluding diaryl/α,β-unsaturated/α-hetero) is 2. The van der Waals surface area contributed by atoms with E-state index in [1.54, 1.807) is 48.5 Å². The van der Waals surface area contributed by atoms with Gasteiger partial charge in [-0.05, 0) is 108 Å². The van der Waals surface area contributed by atoms with E-state index in [0.29, 0.717) is 68.7 Å². The molecule has 0 spiro atoms. The third-order valence-electron chi connectivity index (χ3n) is 7.58. The largest absolute Gasteiger partial charge is 0.490 e. The van der Waals surface area contributed by atoms with Gasteiger partial charge in [0, 0.05) is 49.4 Å². The van der Waals surface area contributed by atoms with Crippen LogP contribution in [0.2, 0.25) is 0 Å². The first kappa shape index (κ1) is 46.4. The minimum atomic E-state index is -1.42. The normalized spacial score (nSPS) is 11.0. The van der Waals surface area contributed by atoms with Crippen LogP contribution in [0.3, 0.4) is 0 Å². The molecule has 0 aliphatic carbocycles. The number of rotatable bonds is 24. The summed E-state index contributed by atoms with van der Waals surface area (Å²) >= 11 is 0. The molecule has 2 aromatic carbocycles. The number of likely N-dealkylation sites (N-methyl/N-ethyl adjacent to an activating group) is 1. The molecular formula is C40H57NO12. The molecule has 0 radical (unpaired) electrons. The zero-order valence-electron chi connectivity index (χ0n) is 31.8. The number of ether oxygens (including phenoxy) is 4. The molecule has 0 fully saturated rings. The molecular weight excluding hydrogens is 686 g/mol. The SMILES string of the molecule is C=CC(=O)OCCCCCC(=O)OCCOc1ccc(C(=O)C(C)(C)O)cc1.CN(CCOC(=O)CCCCCO)c1ccc(C(=O)C(C)(C)O)cc1. The van der Waals surface area contributed by atoms with Crippen molar-refractivity contribution in [1.82, 2.24) is 0 Å². The zero-order valence-corrected chi connectivity index (χ0v) is 31.8. The number of unbranched alkanes of at least 4 members (excludes halogenated alkanes) is 4. The Morgan fingerprint density at radius 3 is 1.64 bits per heavy atom. The first-order valence-corrected chi connectivity index (χ1v) is 17.8. The number of esters is 3. The fourth-order valence-corrected chi connectivity index (χ4v) is 4.50. The molecule has 53 heavy (non-hydrogen) atoms. The van der Waals surface area contributed by atoms with Gasteiger partial charge >= 0.3 is 17.9 Å². The number of carbonyl (C=O) groups is 5. The van der Waals surface area contributed by atoms with Crippen molar-refractivity contribution in [2.24, 2.45) is 0 Å². The summed E-state index contributed by atoms with van der Waals surface area (Å²) in [6, 6.07) is 13.4. The monoisotopic (exact) mass is 743 g/mol. The fraction of sp³-hybridized carbons (Fsp3) is 0.525. The van der Waals surface area contributed by atoms with E-state index in [0.717, 1.165) is 31.0 Å². The highest BCUT2D eigenvalue weighted by Gasteiger charge is 2.26. The highest BCUT2D eigenvalue weighted by molar-refractivity contribution is 6.02. The Bertz CT molecular complexity index is 1420. The van der Waals surface area contributed by atoms with Gasteiger partial charge in [-0.1, -0.05) is 13.0 Å². The van der Waals surface area contributed by atoms with Gasteiger partial charge in [-0.15, -0.1) is 0 Å². The molecule has 13 nitrogen and oxygen atoms in total. The summed E-state index contributed by atoms with van der Waals surface area (Å²) in [5, 5.41) is 28.2. The fourth-order valence-electron chi connectivity index (χ4n) is 4.50. The van der Waals surface area contributed by atoms with Crippen LogP contribution >= 0.6 is 0 Å². The quantitative estimate of drug-likeness (QED) is 0.0428. The second kappa shape index (κ2) is 24.6. The molecule has 0 heterocycles. The van der Waals surface area contributed by atoms with Gasteiger partial charge in [-0.2, -0.15) is 0 Å². The Hall–Kier alpha value is -4.59. The van der Waals surface area contributed by atoms with Gasteiger partial charge in [0.25, 0.3) is 0 Å². The van der Waals surface area contributed by atoms with Gasteiger partial charge in [0.05, 0.1) is 13.2 Å². The third-order valence-corrected chi connectivity index (χ3v) is 7.58. The van der Waals surface area contributed by atoms with Crippen LogP contribution in [0.5, 0.6) is 5.75 Å². The van der Waals surface area contributed by atoms with Crippen molar-refractivity contribution in [1.29, 1.82) is 0 Å². The van der Waals surface area contributed by atoms with E-state index in [1.165, 1.54) is 27.7 Å². The summed E-state index contributed by atoms with van der Waals surface area (Å²) in [5.74, 6) is -1.13. The van der Waals surface area contributed by atoms with Gasteiger partial charge in [0.15, 0.2) is 11.6 Å². The predicted octanol–water partition coefficient (Wildman–Crippen LogP) is 5.02. The molecule has 0 saturated carbocycles. The number of hydrogen-bond donors (Lipinski definition) is 3. The maximum absolute atomic E-state index is 12.0. The summed E-state index contributed by atoms with van der Waals surface area (Å²) in [7, 11) is 1.88. The Morgan fingerprint density at radius 2 is 1.15 bits per heavy atom. The average Bonchev–Trinajstić information content (AvgIpc) is 3.12. The molecule has 0 saturated heterocycles. The summed E-state index contributed by atoms with van der Waals surface area (Å²) in [5.41, 5.74) is -1.07. The van der Waals surface area contributed by atoms with Crippen molar-refractivity contribution < 1.29 is 58.2 Å². The lowest BCUT2D eigenvalue weighted by Gasteiger charge is -2.20. The summed E-state index contributed by atoms with van der Waals surface area (Å²) in [6.45, 7) is 10.7. The molecule has 3 N–H and O–H groups in total. The van der Waals surface area contributed by atoms with Crippen LogP contribution in [0.1, 0.15) is 99.8 Å². The van der Waals surface area contributed by atoms with Crippen molar-refractivity contribution in [3.05, 3.63) is 72.3 Å². The Labute approximate surface area is 312 Å². The molecule has 0 aliphatic rings. The van der Waals surface area contributed by atoms with Crippen LogP contribution in [-0.4, -0.2) is 103 Å². The third kappa shape index (κ3) is 20.3. The summed E-state index contributed by atoms with van der Waals surface area (Å²) in [4.78, 5) is 59.9. The Kier molecular flexibility index (Phi) is 21.6. The molecule has 294 valence electrons. The lowest BCUT2D eigenvalue weighted by Crippen LogP contribution is -2.31. The maximum Gasteiger partial charge on any atom is 0.330 e. The topological polar surface area (TPSA) is 186 Å². The van der Waals surface area contributed by atoms with Gasteiger partial charge in [-0.3, -0.25) is 19.2 Å². The van der Waals surface area contributed by atoms with Crippen molar-refractivity contribution in [3.63, 3.8) is 0 Å². The average molecular weight is 744 g/mol. The van der Waals surface area contributed by atoms with Gasteiger partial charge in [0.1, 0.15) is 36.8 Å². The van der Waals surface area contributed by atoms with Crippen LogP contribution in [0, 0.1) is 0 Å². The number of nitrogens with zero attached hydrogens (tertiary/aromatic N) is 1. The van der Waals surface area contributed by atoms with Crippen LogP contribution in [0.25, 0.3) is 0 Å². The van der Waals surface area contributed by atoms with Crippen LogP contribution < -0.4 is 9.64 Å².